The van der Waals surface area contributed by atoms with E-state index in [2.05, 4.69) is 91.7 Å². The van der Waals surface area contributed by atoms with E-state index in [1.807, 2.05) is 0 Å². The van der Waals surface area contributed by atoms with Gasteiger partial charge in [0.2, 0.25) is 0 Å². The van der Waals surface area contributed by atoms with Crippen LogP contribution in [0.15, 0.2) is 60.7 Å². The number of nitrogens with one attached hydrogen (secondary N) is 1. The summed E-state index contributed by atoms with van der Waals surface area (Å²) >= 11 is 0. The number of rotatable bonds is 7. The minimum absolute atomic E-state index is 0.141. The van der Waals surface area contributed by atoms with Gasteiger partial charge in [-0.2, -0.15) is 0 Å². The van der Waals surface area contributed by atoms with Crippen LogP contribution in [-0.4, -0.2) is 35.2 Å². The zero-order valence-electron chi connectivity index (χ0n) is 16.9. The standard InChI is InChI=1S/C24H34N2O/c1-4-22(19-11-7-5-8-12-19)26-16-15-21(23(27)17-26)25-24(18(2)3)20-13-9-6-10-14-20/h5-14,18,21-25,27H,4,15-17H2,1-3H3/t21-,22?,23-,24?/m1/s1. The van der Waals surface area contributed by atoms with Crippen molar-refractivity contribution >= 4 is 0 Å². The molecule has 3 rings (SSSR count). The number of hydrogen-bond acceptors (Lipinski definition) is 3. The van der Waals surface area contributed by atoms with Gasteiger partial charge in [-0.1, -0.05) is 81.4 Å². The Balaban J connectivity index is 1.66. The fraction of sp³-hybridized carbons (Fsp3) is 0.500. The second kappa shape index (κ2) is 9.50. The van der Waals surface area contributed by atoms with Gasteiger partial charge in [-0.05, 0) is 29.9 Å². The van der Waals surface area contributed by atoms with Crippen molar-refractivity contribution in [3.63, 3.8) is 0 Å². The lowest BCUT2D eigenvalue weighted by Gasteiger charge is -2.42. The number of piperidine rings is 1. The molecule has 0 saturated carbocycles. The molecule has 4 atom stereocenters. The molecule has 2 unspecified atom stereocenters. The maximum Gasteiger partial charge on any atom is 0.0820 e. The summed E-state index contributed by atoms with van der Waals surface area (Å²) in [6.07, 6.45) is 1.69. The van der Waals surface area contributed by atoms with E-state index in [0.717, 1.165) is 25.9 Å². The Morgan fingerprint density at radius 1 is 1.00 bits per heavy atom. The second-order valence-electron chi connectivity index (χ2n) is 8.09. The molecular formula is C24H34N2O. The molecule has 3 nitrogen and oxygen atoms in total. The molecule has 1 saturated heterocycles. The molecule has 1 aliphatic rings. The molecule has 0 aliphatic carbocycles. The molecule has 2 aromatic rings. The average molecular weight is 367 g/mol. The normalized spacial score (nSPS) is 23.3. The monoisotopic (exact) mass is 366 g/mol. The van der Waals surface area contributed by atoms with E-state index in [-0.39, 0.29) is 18.2 Å². The van der Waals surface area contributed by atoms with Crippen molar-refractivity contribution in [1.29, 1.82) is 0 Å². The predicted octanol–water partition coefficient (Wildman–Crippen LogP) is 4.56. The van der Waals surface area contributed by atoms with Gasteiger partial charge in [-0.15, -0.1) is 0 Å². The summed E-state index contributed by atoms with van der Waals surface area (Å²) in [5, 5.41) is 14.7. The number of aliphatic hydroxyl groups is 1. The quantitative estimate of drug-likeness (QED) is 0.754. The summed E-state index contributed by atoms with van der Waals surface area (Å²) in [6.45, 7) is 8.47. The van der Waals surface area contributed by atoms with Gasteiger partial charge in [0, 0.05) is 31.2 Å². The molecule has 1 fully saturated rings. The van der Waals surface area contributed by atoms with Gasteiger partial charge in [-0.3, -0.25) is 4.90 Å². The molecule has 0 spiro atoms. The van der Waals surface area contributed by atoms with Crippen LogP contribution in [-0.2, 0) is 0 Å². The Bertz CT molecular complexity index is 673. The maximum atomic E-state index is 10.9. The molecule has 27 heavy (non-hydrogen) atoms. The van der Waals surface area contributed by atoms with Crippen LogP contribution in [0.4, 0.5) is 0 Å². The third-order valence-corrected chi connectivity index (χ3v) is 5.84. The number of nitrogens with zero attached hydrogens (tertiary/aromatic N) is 1. The summed E-state index contributed by atoms with van der Waals surface area (Å²) in [5.41, 5.74) is 2.65. The van der Waals surface area contributed by atoms with Gasteiger partial charge in [0.1, 0.15) is 0 Å². The van der Waals surface area contributed by atoms with E-state index in [1.54, 1.807) is 0 Å². The van der Waals surface area contributed by atoms with Gasteiger partial charge < -0.3 is 10.4 Å². The summed E-state index contributed by atoms with van der Waals surface area (Å²) in [4.78, 5) is 2.45. The molecular weight excluding hydrogens is 332 g/mol. The third-order valence-electron chi connectivity index (χ3n) is 5.84. The van der Waals surface area contributed by atoms with Crippen LogP contribution < -0.4 is 5.32 Å². The van der Waals surface area contributed by atoms with E-state index in [1.165, 1.54) is 11.1 Å². The second-order valence-corrected chi connectivity index (χ2v) is 8.09. The van der Waals surface area contributed by atoms with E-state index in [4.69, 9.17) is 0 Å². The van der Waals surface area contributed by atoms with Crippen molar-refractivity contribution < 1.29 is 5.11 Å². The van der Waals surface area contributed by atoms with Crippen molar-refractivity contribution in [2.24, 2.45) is 5.92 Å². The first-order chi connectivity index (χ1) is 13.1. The number of benzene rings is 2. The zero-order valence-corrected chi connectivity index (χ0v) is 16.9. The molecule has 1 heterocycles. The van der Waals surface area contributed by atoms with Gasteiger partial charge in [-0.25, -0.2) is 0 Å². The van der Waals surface area contributed by atoms with Crippen LogP contribution in [0, 0.1) is 5.92 Å². The number of aliphatic hydroxyl groups excluding tert-OH is 1. The van der Waals surface area contributed by atoms with Crippen molar-refractivity contribution in [3.8, 4) is 0 Å². The lowest BCUT2D eigenvalue weighted by Crippen LogP contribution is -2.54. The maximum absolute atomic E-state index is 10.9. The third kappa shape index (κ3) is 4.98. The van der Waals surface area contributed by atoms with Crippen molar-refractivity contribution in [1.82, 2.24) is 10.2 Å². The summed E-state index contributed by atoms with van der Waals surface area (Å²) in [5.74, 6) is 0.477. The Kier molecular flexibility index (Phi) is 7.06. The topological polar surface area (TPSA) is 35.5 Å². The Morgan fingerprint density at radius 3 is 2.11 bits per heavy atom. The first-order valence-electron chi connectivity index (χ1n) is 10.4. The van der Waals surface area contributed by atoms with Gasteiger partial charge in [0.05, 0.1) is 6.10 Å². The molecule has 0 aromatic heterocycles. The van der Waals surface area contributed by atoms with Gasteiger partial charge >= 0.3 is 0 Å². The highest BCUT2D eigenvalue weighted by molar-refractivity contribution is 5.21. The average Bonchev–Trinajstić information content (AvgIpc) is 2.69. The first kappa shape index (κ1) is 20.1. The minimum Gasteiger partial charge on any atom is -0.390 e. The summed E-state index contributed by atoms with van der Waals surface area (Å²) in [7, 11) is 0. The molecule has 0 bridgehead atoms. The first-order valence-corrected chi connectivity index (χ1v) is 10.4. The molecule has 2 aromatic carbocycles. The highest BCUT2D eigenvalue weighted by Crippen LogP contribution is 2.29. The van der Waals surface area contributed by atoms with Gasteiger partial charge in [0.15, 0.2) is 0 Å². The minimum atomic E-state index is -0.346. The fourth-order valence-electron chi connectivity index (χ4n) is 4.38. The number of likely N-dealkylation sites (tertiary alicyclic amines) is 1. The Morgan fingerprint density at radius 2 is 1.59 bits per heavy atom. The van der Waals surface area contributed by atoms with Crippen LogP contribution in [0.5, 0.6) is 0 Å². The lowest BCUT2D eigenvalue weighted by molar-refractivity contribution is 0.0136. The van der Waals surface area contributed by atoms with Crippen molar-refractivity contribution in [3.05, 3.63) is 71.8 Å². The molecule has 0 radical (unpaired) electrons. The van der Waals surface area contributed by atoms with Gasteiger partial charge in [0.25, 0.3) is 0 Å². The lowest BCUT2D eigenvalue weighted by atomic mass is 9.91. The van der Waals surface area contributed by atoms with Crippen LogP contribution in [0.25, 0.3) is 0 Å². The predicted molar refractivity (Wildman–Crippen MR) is 113 cm³/mol. The largest absolute Gasteiger partial charge is 0.390 e. The Labute approximate surface area is 164 Å². The van der Waals surface area contributed by atoms with Crippen LogP contribution in [0.3, 0.4) is 0 Å². The van der Waals surface area contributed by atoms with Crippen LogP contribution in [0.1, 0.15) is 56.8 Å². The summed E-state index contributed by atoms with van der Waals surface area (Å²) < 4.78 is 0. The fourth-order valence-corrected chi connectivity index (χ4v) is 4.38. The molecule has 3 heteroatoms. The van der Waals surface area contributed by atoms with E-state index in [9.17, 15) is 5.11 Å². The molecule has 146 valence electrons. The summed E-state index contributed by atoms with van der Waals surface area (Å²) in [6, 6.07) is 22.1. The molecule has 1 aliphatic heterocycles. The highest BCUT2D eigenvalue weighted by atomic mass is 16.3. The Hall–Kier alpha value is -1.68. The van der Waals surface area contributed by atoms with Crippen LogP contribution >= 0.6 is 0 Å². The molecule has 2 N–H and O–H groups in total. The van der Waals surface area contributed by atoms with E-state index >= 15 is 0 Å². The van der Waals surface area contributed by atoms with Crippen molar-refractivity contribution in [2.75, 3.05) is 13.1 Å². The van der Waals surface area contributed by atoms with Crippen molar-refractivity contribution in [2.45, 2.75) is 57.8 Å². The number of β-amino-alcohol motifs (C(OH)–C–C–N with tert-alkyl or cyclic N) is 1. The SMILES string of the molecule is CCC(c1ccccc1)N1CC[C@@H](NC(c2ccccc2)C(C)C)[C@H](O)C1. The molecule has 0 amide bonds. The smallest absolute Gasteiger partial charge is 0.0820 e. The number of hydrogen-bond donors (Lipinski definition) is 2. The van der Waals surface area contributed by atoms with E-state index in [0.29, 0.717) is 12.0 Å². The van der Waals surface area contributed by atoms with Crippen LogP contribution in [0.2, 0.25) is 0 Å². The van der Waals surface area contributed by atoms with E-state index < -0.39 is 0 Å². The highest BCUT2D eigenvalue weighted by Gasteiger charge is 2.33. The zero-order chi connectivity index (χ0) is 19.2.